The lowest BCUT2D eigenvalue weighted by atomic mass is 9.77. The summed E-state index contributed by atoms with van der Waals surface area (Å²) < 4.78 is 5.31. The quantitative estimate of drug-likeness (QED) is 0.828. The molecule has 0 radical (unpaired) electrons. The molecule has 1 saturated carbocycles. The van der Waals surface area contributed by atoms with Crippen LogP contribution in [0.25, 0.3) is 0 Å². The van der Waals surface area contributed by atoms with Crippen LogP contribution in [-0.4, -0.2) is 20.2 Å². The Hall–Kier alpha value is -1.38. The zero-order valence-corrected chi connectivity index (χ0v) is 11.8. The summed E-state index contributed by atoms with van der Waals surface area (Å²) in [4.78, 5) is 2.46. The van der Waals surface area contributed by atoms with E-state index in [1.165, 1.54) is 44.2 Å². The predicted molar refractivity (Wildman–Crippen MR) is 79.8 cm³/mol. The van der Waals surface area contributed by atoms with Gasteiger partial charge in [0.05, 0.1) is 7.11 Å². The van der Waals surface area contributed by atoms with Crippen molar-refractivity contribution in [3.8, 4) is 5.75 Å². The zero-order valence-electron chi connectivity index (χ0n) is 11.8. The van der Waals surface area contributed by atoms with E-state index in [4.69, 9.17) is 10.5 Å². The van der Waals surface area contributed by atoms with Crippen LogP contribution in [-0.2, 0) is 0 Å². The van der Waals surface area contributed by atoms with Gasteiger partial charge in [-0.3, -0.25) is 0 Å². The maximum atomic E-state index is 5.95. The van der Waals surface area contributed by atoms with E-state index in [0.717, 1.165) is 24.5 Å². The van der Waals surface area contributed by atoms with E-state index in [1.807, 2.05) is 6.07 Å². The van der Waals surface area contributed by atoms with Crippen molar-refractivity contribution in [2.24, 2.45) is 5.41 Å². The Morgan fingerprint density at radius 2 is 1.74 bits per heavy atom. The van der Waals surface area contributed by atoms with Crippen LogP contribution in [0.2, 0.25) is 0 Å². The molecule has 0 bridgehead atoms. The lowest BCUT2D eigenvalue weighted by Gasteiger charge is -2.40. The molecule has 1 aromatic rings. The number of ether oxygens (including phenoxy) is 1. The smallest absolute Gasteiger partial charge is 0.122 e. The number of anilines is 2. The molecule has 3 rings (SSSR count). The molecule has 1 saturated heterocycles. The topological polar surface area (TPSA) is 38.5 Å². The first-order valence-electron chi connectivity index (χ1n) is 7.40. The van der Waals surface area contributed by atoms with Crippen molar-refractivity contribution in [3.63, 3.8) is 0 Å². The summed E-state index contributed by atoms with van der Waals surface area (Å²) in [6.07, 6.45) is 8.44. The first-order chi connectivity index (χ1) is 9.21. The Morgan fingerprint density at radius 1 is 1.05 bits per heavy atom. The van der Waals surface area contributed by atoms with Gasteiger partial charge in [0.15, 0.2) is 0 Å². The van der Waals surface area contributed by atoms with Crippen molar-refractivity contribution in [2.75, 3.05) is 30.8 Å². The molecule has 2 aliphatic rings. The van der Waals surface area contributed by atoms with Crippen LogP contribution in [0.4, 0.5) is 11.4 Å². The van der Waals surface area contributed by atoms with Gasteiger partial charge in [0.1, 0.15) is 5.75 Å². The number of nitrogen functional groups attached to an aromatic ring is 1. The second-order valence-corrected chi connectivity index (χ2v) is 6.16. The number of nitrogens with zero attached hydrogens (tertiary/aromatic N) is 1. The SMILES string of the molecule is COc1cc(N)cc(N2CCC3(CCCC3)CC2)c1. The van der Waals surface area contributed by atoms with Gasteiger partial charge in [-0.2, -0.15) is 0 Å². The molecule has 1 spiro atoms. The molecule has 0 aromatic heterocycles. The molecule has 3 heteroatoms. The number of piperidine rings is 1. The molecule has 0 atom stereocenters. The van der Waals surface area contributed by atoms with Gasteiger partial charge in [-0.05, 0) is 37.2 Å². The summed E-state index contributed by atoms with van der Waals surface area (Å²) in [5.41, 5.74) is 8.62. The van der Waals surface area contributed by atoms with Crippen LogP contribution >= 0.6 is 0 Å². The van der Waals surface area contributed by atoms with E-state index < -0.39 is 0 Å². The lowest BCUT2D eigenvalue weighted by molar-refractivity contribution is 0.226. The van der Waals surface area contributed by atoms with Crippen molar-refractivity contribution in [1.82, 2.24) is 0 Å². The standard InChI is InChI=1S/C16H24N2O/c1-19-15-11-13(17)10-14(12-15)18-8-6-16(7-9-18)4-2-3-5-16/h10-12H,2-9,17H2,1H3. The minimum atomic E-state index is 0.668. The van der Waals surface area contributed by atoms with Crippen molar-refractivity contribution >= 4 is 11.4 Å². The number of hydrogen-bond donors (Lipinski definition) is 1. The highest BCUT2D eigenvalue weighted by molar-refractivity contribution is 5.60. The fourth-order valence-electron chi connectivity index (χ4n) is 3.77. The van der Waals surface area contributed by atoms with Crippen LogP contribution in [0.15, 0.2) is 18.2 Å². The molecule has 1 aliphatic carbocycles. The third kappa shape index (κ3) is 2.51. The van der Waals surface area contributed by atoms with Gasteiger partial charge in [0, 0.05) is 36.6 Å². The summed E-state index contributed by atoms with van der Waals surface area (Å²) in [5, 5.41) is 0. The van der Waals surface area contributed by atoms with Crippen LogP contribution < -0.4 is 15.4 Å². The van der Waals surface area contributed by atoms with Crippen LogP contribution in [0, 0.1) is 5.41 Å². The number of hydrogen-bond acceptors (Lipinski definition) is 3. The molecule has 1 aromatic carbocycles. The Balaban J connectivity index is 1.72. The average molecular weight is 260 g/mol. The van der Waals surface area contributed by atoms with Gasteiger partial charge in [0.25, 0.3) is 0 Å². The Bertz CT molecular complexity index is 442. The molecular weight excluding hydrogens is 236 g/mol. The van der Waals surface area contributed by atoms with E-state index in [1.54, 1.807) is 7.11 Å². The second kappa shape index (κ2) is 4.95. The molecule has 2 fully saturated rings. The molecule has 2 N–H and O–H groups in total. The molecule has 1 aliphatic heterocycles. The number of nitrogens with two attached hydrogens (primary N) is 1. The van der Waals surface area contributed by atoms with Gasteiger partial charge in [-0.15, -0.1) is 0 Å². The molecule has 1 heterocycles. The van der Waals surface area contributed by atoms with Crippen LogP contribution in [0.3, 0.4) is 0 Å². The van der Waals surface area contributed by atoms with Gasteiger partial charge >= 0.3 is 0 Å². The fraction of sp³-hybridized carbons (Fsp3) is 0.625. The highest BCUT2D eigenvalue weighted by atomic mass is 16.5. The van der Waals surface area contributed by atoms with Crippen molar-refractivity contribution in [1.29, 1.82) is 0 Å². The van der Waals surface area contributed by atoms with Crippen molar-refractivity contribution in [3.05, 3.63) is 18.2 Å². The maximum Gasteiger partial charge on any atom is 0.122 e. The van der Waals surface area contributed by atoms with Gasteiger partial charge < -0.3 is 15.4 Å². The van der Waals surface area contributed by atoms with Gasteiger partial charge in [0.2, 0.25) is 0 Å². The van der Waals surface area contributed by atoms with Crippen molar-refractivity contribution in [2.45, 2.75) is 38.5 Å². The van der Waals surface area contributed by atoms with E-state index in [0.29, 0.717) is 5.41 Å². The number of rotatable bonds is 2. The molecule has 0 amide bonds. The largest absolute Gasteiger partial charge is 0.497 e. The van der Waals surface area contributed by atoms with E-state index >= 15 is 0 Å². The monoisotopic (exact) mass is 260 g/mol. The summed E-state index contributed by atoms with van der Waals surface area (Å²) in [5.74, 6) is 0.858. The summed E-state index contributed by atoms with van der Waals surface area (Å²) in [6, 6.07) is 6.05. The number of benzene rings is 1. The Kier molecular flexibility index (Phi) is 3.29. The molecule has 3 nitrogen and oxygen atoms in total. The van der Waals surface area contributed by atoms with Crippen molar-refractivity contribution < 1.29 is 4.74 Å². The van der Waals surface area contributed by atoms with E-state index in [-0.39, 0.29) is 0 Å². The molecule has 19 heavy (non-hydrogen) atoms. The minimum Gasteiger partial charge on any atom is -0.497 e. The lowest BCUT2D eigenvalue weighted by Crippen LogP contribution is -2.38. The summed E-state index contributed by atoms with van der Waals surface area (Å²) in [6.45, 7) is 2.32. The molecule has 0 unspecified atom stereocenters. The van der Waals surface area contributed by atoms with Gasteiger partial charge in [-0.1, -0.05) is 12.8 Å². The fourth-order valence-corrected chi connectivity index (χ4v) is 3.77. The van der Waals surface area contributed by atoms with Crippen LogP contribution in [0.5, 0.6) is 5.75 Å². The van der Waals surface area contributed by atoms with Crippen LogP contribution in [0.1, 0.15) is 38.5 Å². The molecule has 104 valence electrons. The minimum absolute atomic E-state index is 0.668. The third-order valence-electron chi connectivity index (χ3n) is 5.00. The van der Waals surface area contributed by atoms with E-state index in [9.17, 15) is 0 Å². The Morgan fingerprint density at radius 3 is 2.37 bits per heavy atom. The average Bonchev–Trinajstić information content (AvgIpc) is 2.87. The van der Waals surface area contributed by atoms with Gasteiger partial charge in [-0.25, -0.2) is 0 Å². The maximum absolute atomic E-state index is 5.95. The summed E-state index contributed by atoms with van der Waals surface area (Å²) in [7, 11) is 1.70. The normalized spacial score (nSPS) is 21.8. The highest BCUT2D eigenvalue weighted by Gasteiger charge is 2.36. The first kappa shape index (κ1) is 12.6. The highest BCUT2D eigenvalue weighted by Crippen LogP contribution is 2.46. The second-order valence-electron chi connectivity index (χ2n) is 6.16. The third-order valence-corrected chi connectivity index (χ3v) is 5.00. The molecular formula is C16H24N2O. The Labute approximate surface area is 115 Å². The first-order valence-corrected chi connectivity index (χ1v) is 7.40. The summed E-state index contributed by atoms with van der Waals surface area (Å²) >= 11 is 0. The number of methoxy groups -OCH3 is 1. The zero-order chi connectivity index (χ0) is 13.3. The van der Waals surface area contributed by atoms with E-state index in [2.05, 4.69) is 17.0 Å². The predicted octanol–water partition coefficient (Wildman–Crippen LogP) is 3.44.